The maximum absolute atomic E-state index is 9.89. The number of alkyl halides is 2. The molecule has 0 heterocycles. The third-order valence-electron chi connectivity index (χ3n) is 0.396. The maximum Gasteiger partial charge on any atom is 0.287 e. The van der Waals surface area contributed by atoms with Gasteiger partial charge < -0.3 is 0 Å². The molecule has 3 nitrogen and oxygen atoms in total. The minimum absolute atomic E-state index is 0.525. The van der Waals surface area contributed by atoms with Gasteiger partial charge in [0.05, 0.1) is 5.41 Å². The molecule has 0 aromatic heterocycles. The van der Waals surface area contributed by atoms with E-state index in [1.165, 1.54) is 0 Å². The average molecular weight is 191 g/mol. The lowest BCUT2D eigenvalue weighted by Gasteiger charge is -1.85. The van der Waals surface area contributed by atoms with Crippen molar-refractivity contribution in [3.63, 3.8) is 0 Å². The molecule has 0 aromatic carbocycles. The van der Waals surface area contributed by atoms with Crippen molar-refractivity contribution in [2.45, 2.75) is 4.84 Å². The van der Waals surface area contributed by atoms with Crippen LogP contribution in [0.5, 0.6) is 0 Å². The van der Waals surface area contributed by atoms with E-state index in [0.29, 0.717) is 5.41 Å². The molecule has 0 aliphatic rings. The SMILES string of the molecule is O=S(=O)(O)C=CC(Cl)Cl. The van der Waals surface area contributed by atoms with Gasteiger partial charge >= 0.3 is 0 Å². The number of allylic oxidation sites excluding steroid dienone is 1. The van der Waals surface area contributed by atoms with Crippen LogP contribution in [0.25, 0.3) is 0 Å². The van der Waals surface area contributed by atoms with Crippen LogP contribution < -0.4 is 0 Å². The van der Waals surface area contributed by atoms with Crippen molar-refractivity contribution in [3.8, 4) is 0 Å². The van der Waals surface area contributed by atoms with Gasteiger partial charge in [0, 0.05) is 0 Å². The molecule has 0 rings (SSSR count). The predicted octanol–water partition coefficient (Wildman–Crippen LogP) is 1.19. The lowest BCUT2D eigenvalue weighted by Crippen LogP contribution is -1.90. The second-order valence-corrected chi connectivity index (χ2v) is 3.64. The molecule has 0 atom stereocenters. The minimum Gasteiger partial charge on any atom is -0.282 e. The Balaban J connectivity index is 4.03. The van der Waals surface area contributed by atoms with Gasteiger partial charge in [0.2, 0.25) is 0 Å². The lowest BCUT2D eigenvalue weighted by molar-refractivity contribution is 0.494. The Kier molecular flexibility index (Phi) is 3.50. The molecule has 0 bridgehead atoms. The van der Waals surface area contributed by atoms with Crippen LogP contribution in [0.3, 0.4) is 0 Å². The van der Waals surface area contributed by atoms with Crippen LogP contribution >= 0.6 is 23.2 Å². The lowest BCUT2D eigenvalue weighted by atomic mass is 10.8. The van der Waals surface area contributed by atoms with Crippen molar-refractivity contribution in [2.24, 2.45) is 0 Å². The molecule has 6 heteroatoms. The Bertz CT molecular complexity index is 193. The summed E-state index contributed by atoms with van der Waals surface area (Å²) in [6.07, 6.45) is 0.943. The molecule has 0 fully saturated rings. The highest BCUT2D eigenvalue weighted by atomic mass is 35.5. The van der Waals surface area contributed by atoms with Crippen LogP contribution in [0.2, 0.25) is 0 Å². The molecule has 0 saturated carbocycles. The largest absolute Gasteiger partial charge is 0.287 e. The maximum atomic E-state index is 9.89. The van der Waals surface area contributed by atoms with Crippen LogP contribution in [0.4, 0.5) is 0 Å². The van der Waals surface area contributed by atoms with Gasteiger partial charge in [-0.2, -0.15) is 8.42 Å². The van der Waals surface area contributed by atoms with E-state index in [-0.39, 0.29) is 0 Å². The summed E-state index contributed by atoms with van der Waals surface area (Å²) in [5.41, 5.74) is 0. The van der Waals surface area contributed by atoms with Crippen LogP contribution in [0.1, 0.15) is 0 Å². The fraction of sp³-hybridized carbons (Fsp3) is 0.333. The van der Waals surface area contributed by atoms with Crippen LogP contribution in [-0.2, 0) is 10.1 Å². The van der Waals surface area contributed by atoms with Crippen molar-refractivity contribution in [2.75, 3.05) is 0 Å². The van der Waals surface area contributed by atoms with E-state index < -0.39 is 15.0 Å². The zero-order chi connectivity index (χ0) is 7.49. The Labute approximate surface area is 63.0 Å². The second kappa shape index (κ2) is 3.41. The molecule has 0 aliphatic carbocycles. The van der Waals surface area contributed by atoms with Crippen molar-refractivity contribution in [3.05, 3.63) is 11.5 Å². The van der Waals surface area contributed by atoms with Gasteiger partial charge in [0.1, 0.15) is 4.84 Å². The Hall–Kier alpha value is 0.230. The first-order chi connectivity index (χ1) is 3.92. The van der Waals surface area contributed by atoms with Crippen molar-refractivity contribution >= 4 is 33.3 Å². The predicted molar refractivity (Wildman–Crippen MR) is 36.2 cm³/mol. The zero-order valence-corrected chi connectivity index (χ0v) is 6.49. The topological polar surface area (TPSA) is 54.4 Å². The number of hydrogen-bond donors (Lipinski definition) is 1. The first kappa shape index (κ1) is 9.23. The molecule has 0 unspecified atom stereocenters. The van der Waals surface area contributed by atoms with E-state index in [0.717, 1.165) is 6.08 Å². The third kappa shape index (κ3) is 8.23. The normalized spacial score (nSPS) is 13.3. The molecular formula is C3H4Cl2O3S. The van der Waals surface area contributed by atoms with Crippen LogP contribution in [0.15, 0.2) is 11.5 Å². The van der Waals surface area contributed by atoms with E-state index >= 15 is 0 Å². The molecule has 0 saturated heterocycles. The summed E-state index contributed by atoms with van der Waals surface area (Å²) in [6.45, 7) is 0. The van der Waals surface area contributed by atoms with Gasteiger partial charge in [-0.25, -0.2) is 0 Å². The Morgan fingerprint density at radius 2 is 1.89 bits per heavy atom. The summed E-state index contributed by atoms with van der Waals surface area (Å²) >= 11 is 10.2. The van der Waals surface area contributed by atoms with Gasteiger partial charge in [-0.3, -0.25) is 4.55 Å². The highest BCUT2D eigenvalue weighted by Crippen LogP contribution is 2.03. The van der Waals surface area contributed by atoms with E-state index in [1.54, 1.807) is 0 Å². The molecule has 9 heavy (non-hydrogen) atoms. The van der Waals surface area contributed by atoms with E-state index in [1.807, 2.05) is 0 Å². The third-order valence-corrected chi connectivity index (χ3v) is 1.19. The first-order valence-corrected chi connectivity index (χ1v) is 4.23. The van der Waals surface area contributed by atoms with Crippen molar-refractivity contribution < 1.29 is 13.0 Å². The van der Waals surface area contributed by atoms with Gasteiger partial charge in [-0.1, -0.05) is 0 Å². The molecule has 1 N–H and O–H groups in total. The Morgan fingerprint density at radius 1 is 1.44 bits per heavy atom. The molecule has 0 aliphatic heterocycles. The quantitative estimate of drug-likeness (QED) is 0.526. The average Bonchev–Trinajstić information content (AvgIpc) is 1.59. The fourth-order valence-electron chi connectivity index (χ4n) is 0.159. The van der Waals surface area contributed by atoms with Crippen LogP contribution in [-0.4, -0.2) is 17.8 Å². The van der Waals surface area contributed by atoms with Crippen molar-refractivity contribution in [1.29, 1.82) is 0 Å². The highest BCUT2D eigenvalue weighted by molar-refractivity contribution is 7.88. The molecule has 0 amide bonds. The fourth-order valence-corrected chi connectivity index (χ4v) is 0.832. The van der Waals surface area contributed by atoms with Gasteiger partial charge in [-0.05, 0) is 6.08 Å². The second-order valence-electron chi connectivity index (χ2n) is 1.18. The van der Waals surface area contributed by atoms with Gasteiger partial charge in [-0.15, -0.1) is 23.2 Å². The number of halogens is 2. The monoisotopic (exact) mass is 190 g/mol. The summed E-state index contributed by atoms with van der Waals surface area (Å²) in [6, 6.07) is 0. The Morgan fingerprint density at radius 3 is 2.00 bits per heavy atom. The summed E-state index contributed by atoms with van der Waals surface area (Å²) in [5, 5.41) is 0.525. The van der Waals surface area contributed by atoms with E-state index in [4.69, 9.17) is 27.8 Å². The molecule has 0 radical (unpaired) electrons. The summed E-state index contributed by atoms with van der Waals surface area (Å²) in [4.78, 5) is -0.910. The summed E-state index contributed by atoms with van der Waals surface area (Å²) < 4.78 is 27.8. The standard InChI is InChI=1S/C3H4Cl2O3S/c4-3(5)1-2-9(6,7)8/h1-3H,(H,6,7,8). The van der Waals surface area contributed by atoms with Crippen LogP contribution in [0, 0.1) is 0 Å². The summed E-state index contributed by atoms with van der Waals surface area (Å²) in [7, 11) is -4.07. The zero-order valence-electron chi connectivity index (χ0n) is 4.16. The van der Waals surface area contributed by atoms with E-state index in [2.05, 4.69) is 0 Å². The molecule has 0 spiro atoms. The summed E-state index contributed by atoms with van der Waals surface area (Å²) in [5.74, 6) is 0. The molecular weight excluding hydrogens is 187 g/mol. The van der Waals surface area contributed by atoms with Crippen molar-refractivity contribution in [1.82, 2.24) is 0 Å². The number of rotatable bonds is 2. The number of hydrogen-bond acceptors (Lipinski definition) is 2. The molecule has 54 valence electrons. The van der Waals surface area contributed by atoms with Gasteiger partial charge in [0.25, 0.3) is 10.1 Å². The molecule has 0 aromatic rings. The first-order valence-electron chi connectivity index (χ1n) is 1.85. The van der Waals surface area contributed by atoms with Gasteiger partial charge in [0.15, 0.2) is 0 Å². The van der Waals surface area contributed by atoms with E-state index in [9.17, 15) is 8.42 Å². The minimum atomic E-state index is -4.07. The smallest absolute Gasteiger partial charge is 0.282 e. The highest BCUT2D eigenvalue weighted by Gasteiger charge is 1.97.